The molecule has 0 spiro atoms. The highest BCUT2D eigenvalue weighted by Crippen LogP contribution is 2.45. The van der Waals surface area contributed by atoms with Crippen molar-refractivity contribution in [2.45, 2.75) is 78.5 Å². The van der Waals surface area contributed by atoms with Crippen LogP contribution in [0.1, 0.15) is 71.4 Å². The summed E-state index contributed by atoms with van der Waals surface area (Å²) in [5, 5.41) is -0.318. The Morgan fingerprint density at radius 1 is 0.429 bits per heavy atom. The predicted molar refractivity (Wildman–Crippen MR) is 386 cm³/mol. The van der Waals surface area contributed by atoms with Crippen LogP contribution in [0.5, 0.6) is 0 Å². The van der Waals surface area contributed by atoms with Crippen LogP contribution in [0.2, 0.25) is 0 Å². The van der Waals surface area contributed by atoms with Gasteiger partial charge in [0.15, 0.2) is 0 Å². The first-order valence-corrected chi connectivity index (χ1v) is 34.1. The van der Waals surface area contributed by atoms with Crippen LogP contribution in [0.4, 0.5) is 34.1 Å². The van der Waals surface area contributed by atoms with E-state index in [1.165, 1.54) is 16.6 Å². The number of carbonyl (C=O) groups is 2. The normalized spacial score (nSPS) is 12.2. The molecule has 12 rings (SSSR count). The second-order valence-electron chi connectivity index (χ2n) is 23.8. The third kappa shape index (κ3) is 14.7. The number of anilines is 6. The lowest BCUT2D eigenvalue weighted by atomic mass is 9.83. The highest BCUT2D eigenvalue weighted by molar-refractivity contribution is 7.19. The number of rotatable bonds is 25. The fraction of sp³-hybridized carbons (Fsp3) is 0.190. The van der Waals surface area contributed by atoms with E-state index in [4.69, 9.17) is 18.2 Å². The van der Waals surface area contributed by atoms with Gasteiger partial charge in [-0.3, -0.25) is 9.59 Å². The molecule has 12 heteroatoms. The lowest BCUT2D eigenvalue weighted by Gasteiger charge is -2.26. The van der Waals surface area contributed by atoms with Crippen LogP contribution < -0.4 is 9.80 Å². The number of nitrogens with zero attached hydrogens (tertiary/aromatic N) is 4. The molecule has 0 aliphatic carbocycles. The van der Waals surface area contributed by atoms with Gasteiger partial charge in [-0.25, -0.2) is 0 Å². The fourth-order valence-electron chi connectivity index (χ4n) is 11.2. The molecule has 0 bridgehead atoms. The van der Waals surface area contributed by atoms with Gasteiger partial charge in [0.05, 0.1) is 23.7 Å². The average Bonchev–Trinajstić information content (AvgIpc) is 1.77. The second-order valence-corrected chi connectivity index (χ2v) is 27.7. The van der Waals surface area contributed by atoms with Gasteiger partial charge in [-0.15, -0.1) is 31.9 Å². The van der Waals surface area contributed by atoms with E-state index in [1.54, 1.807) is 22.7 Å². The van der Waals surface area contributed by atoms with Gasteiger partial charge in [0.2, 0.25) is 0 Å². The molecule has 0 radical (unpaired) electrons. The van der Waals surface area contributed by atoms with Crippen molar-refractivity contribution in [2.75, 3.05) is 23.0 Å². The van der Waals surface area contributed by atoms with Gasteiger partial charge in [-0.05, 0) is 174 Å². The minimum absolute atomic E-state index is 0.231. The number of ether oxygens (including phenoxy) is 2. The Balaban J connectivity index is 0.760. The molecule has 3 aromatic heterocycles. The maximum absolute atomic E-state index is 13.0. The zero-order valence-electron chi connectivity index (χ0n) is 52.0. The molecule has 0 saturated heterocycles. The van der Waals surface area contributed by atoms with Crippen LogP contribution in [-0.2, 0) is 31.9 Å². The lowest BCUT2D eigenvalue weighted by Crippen LogP contribution is -2.23. The van der Waals surface area contributed by atoms with Crippen LogP contribution in [0, 0.1) is 5.41 Å². The van der Waals surface area contributed by atoms with Gasteiger partial charge in [0, 0.05) is 83.0 Å². The quantitative estimate of drug-likeness (QED) is 0.0318. The predicted octanol–water partition coefficient (Wildman–Crippen LogP) is 22.2. The van der Waals surface area contributed by atoms with Gasteiger partial charge in [0.25, 0.3) is 0 Å². The van der Waals surface area contributed by atoms with Crippen LogP contribution in [0.15, 0.2) is 243 Å². The summed E-state index contributed by atoms with van der Waals surface area (Å²) in [6.45, 7) is 10.9. The smallest absolute Gasteiger partial charge is 0.306 e. The van der Waals surface area contributed by atoms with E-state index in [9.17, 15) is 9.59 Å². The number of aromatic nitrogens is 2. The molecule has 12 aromatic rings. The zero-order valence-corrected chi connectivity index (χ0v) is 55.6. The van der Waals surface area contributed by atoms with Crippen molar-refractivity contribution < 1.29 is 19.1 Å². The fourth-order valence-corrected chi connectivity index (χ4v) is 13.9. The van der Waals surface area contributed by atoms with Crippen LogP contribution in [-0.4, -0.2) is 39.1 Å². The molecule has 0 aliphatic heterocycles. The topological polar surface area (TPSA) is 84.9 Å². The van der Waals surface area contributed by atoms with Crippen molar-refractivity contribution in [3.63, 3.8) is 0 Å². The van der Waals surface area contributed by atoms with Crippen LogP contribution in [0.3, 0.4) is 0 Å². The Kier molecular flexibility index (Phi) is 19.4. The summed E-state index contributed by atoms with van der Waals surface area (Å²) in [7, 11) is 2.71. The number of hydrogen-bond donors (Lipinski definition) is 0. The van der Waals surface area contributed by atoms with E-state index < -0.39 is 0 Å². The number of carbonyl (C=O) groups excluding carboxylic acids is 2. The van der Waals surface area contributed by atoms with E-state index in [0.29, 0.717) is 31.7 Å². The van der Waals surface area contributed by atoms with Crippen molar-refractivity contribution in [1.82, 2.24) is 8.75 Å². The number of thiophene rings is 2. The number of ketones is 1. The zero-order chi connectivity index (χ0) is 62.9. The molecule has 0 N–H and O–H groups in total. The van der Waals surface area contributed by atoms with Crippen molar-refractivity contribution in [3.05, 3.63) is 254 Å². The van der Waals surface area contributed by atoms with Crippen molar-refractivity contribution in [2.24, 2.45) is 5.41 Å². The molecule has 456 valence electrons. The van der Waals surface area contributed by atoms with Gasteiger partial charge in [-0.1, -0.05) is 173 Å². The molecule has 0 saturated carbocycles. The Hall–Kier alpha value is -8.67. The SMILES string of the molecule is CCC(C)(C)C(=O)CCc1ccc(N(c2ccc(-c3ccc(-c4ccc(-c5ccc(-c6ccc(N(c7ccc(CCC(=O)OCCO[C@](C)(P)CC)cc7)c7cccc(-c8ccccc8)c7)cc6)s5)c5nsnc45)s3)cc2)c2cccc(-c3ccccc3)c2)cc1. The largest absolute Gasteiger partial charge is 0.463 e. The monoisotopic (exact) mass is 1270 g/mol. The van der Waals surface area contributed by atoms with Gasteiger partial charge in [0.1, 0.15) is 23.4 Å². The van der Waals surface area contributed by atoms with Crippen molar-refractivity contribution in [3.8, 4) is 64.0 Å². The van der Waals surface area contributed by atoms with Gasteiger partial charge in [-0.2, -0.15) is 8.75 Å². The molecule has 0 aliphatic rings. The molecular weight excluding hydrogens is 1200 g/mol. The highest BCUT2D eigenvalue weighted by atomic mass is 32.1. The number of aryl methyl sites for hydroxylation is 2. The molecular formula is C79H73N4O4PS3. The number of esters is 1. The maximum Gasteiger partial charge on any atom is 0.306 e. The maximum atomic E-state index is 13.0. The number of benzene rings is 9. The van der Waals surface area contributed by atoms with Crippen molar-refractivity contribution >= 4 is 101 Å². The summed E-state index contributed by atoms with van der Waals surface area (Å²) in [4.78, 5) is 34.9. The van der Waals surface area contributed by atoms with Gasteiger partial charge >= 0.3 is 5.97 Å². The molecule has 0 fully saturated rings. The number of hydrogen-bond acceptors (Lipinski definition) is 11. The first-order chi connectivity index (χ1) is 44.3. The summed E-state index contributed by atoms with van der Waals surface area (Å²) >= 11 is 4.78. The number of fused-ring (bicyclic) bond motifs is 1. The molecule has 0 amide bonds. The van der Waals surface area contributed by atoms with E-state index in [1.807, 2.05) is 26.8 Å². The molecule has 2 atom stereocenters. The standard InChI is InChI=1S/C79H73N4O4PS3/c1-6-78(3,4)74(84)48-28-54-24-34-62(35-25-54)82(66-22-14-20-60(52-66)56-16-10-8-11-17-56)64-38-30-58(31-39-64)70-44-46-72(89-70)68-42-43-69(77-76(68)80-91-81-77)73-47-45-71(90-73)59-32-40-65(41-33-59)83(67-23-15-21-61(53-67)57-18-12-9-13-19-57)63-36-26-55(27-37-63)29-49-75(85)86-50-51-87-79(5,88)7-2/h8-27,30-47,52-53H,6-7,28-29,48-51,88H2,1-5H3/t79-/m1/s1. The van der Waals surface area contributed by atoms with E-state index >= 15 is 0 Å². The average molecular weight is 1270 g/mol. The summed E-state index contributed by atoms with van der Waals surface area (Å²) < 4.78 is 21.1. The van der Waals surface area contributed by atoms with E-state index in [-0.39, 0.29) is 23.3 Å². The Morgan fingerprint density at radius 2 is 0.846 bits per heavy atom. The molecule has 1 unspecified atom stereocenters. The van der Waals surface area contributed by atoms with E-state index in [2.05, 4.69) is 269 Å². The Morgan fingerprint density at radius 3 is 1.29 bits per heavy atom. The minimum Gasteiger partial charge on any atom is -0.463 e. The van der Waals surface area contributed by atoms with Crippen LogP contribution in [0.25, 0.3) is 75.0 Å². The summed E-state index contributed by atoms with van der Waals surface area (Å²) in [5.74, 6) is 0.0767. The van der Waals surface area contributed by atoms with E-state index in [0.717, 1.165) is 135 Å². The van der Waals surface area contributed by atoms with Crippen molar-refractivity contribution in [1.29, 1.82) is 0 Å². The van der Waals surface area contributed by atoms with Crippen LogP contribution >= 0.6 is 43.6 Å². The second kappa shape index (κ2) is 28.2. The summed E-state index contributed by atoms with van der Waals surface area (Å²) in [6, 6.07) is 86.4. The molecule has 91 heavy (non-hydrogen) atoms. The number of Topliss-reactive ketones (excluding diaryl/α,β-unsaturated/α-hetero) is 1. The first kappa shape index (κ1) is 62.5. The Labute approximate surface area is 549 Å². The summed E-state index contributed by atoms with van der Waals surface area (Å²) in [6.07, 6.45) is 3.81. The minimum atomic E-state index is -0.318. The molecule has 9 aromatic carbocycles. The van der Waals surface area contributed by atoms with Gasteiger partial charge < -0.3 is 19.3 Å². The third-order valence-corrected chi connectivity index (χ3v) is 20.6. The Bertz CT molecular complexity index is 4430. The third-order valence-electron chi connectivity index (χ3n) is 17.2. The first-order valence-electron chi connectivity index (χ1n) is 31.2. The molecule has 3 heterocycles. The lowest BCUT2D eigenvalue weighted by molar-refractivity contribution is -0.146. The molecule has 8 nitrogen and oxygen atoms in total. The highest BCUT2D eigenvalue weighted by Gasteiger charge is 2.25. The summed E-state index contributed by atoms with van der Waals surface area (Å²) in [5.41, 5.74) is 18.9.